The van der Waals surface area contributed by atoms with Gasteiger partial charge in [0.25, 0.3) is 0 Å². The third-order valence-electron chi connectivity index (χ3n) is 4.89. The number of hydrogen-bond acceptors (Lipinski definition) is 2. The maximum absolute atomic E-state index is 12.7. The van der Waals surface area contributed by atoms with Crippen molar-refractivity contribution in [2.24, 2.45) is 0 Å². The van der Waals surface area contributed by atoms with Crippen molar-refractivity contribution in [3.05, 3.63) is 48.0 Å². The Bertz CT molecular complexity index is 795. The van der Waals surface area contributed by atoms with Crippen molar-refractivity contribution in [3.63, 3.8) is 0 Å². The van der Waals surface area contributed by atoms with Crippen molar-refractivity contribution >= 4 is 12.9 Å². The summed E-state index contributed by atoms with van der Waals surface area (Å²) in [6, 6.07) is 13.3. The van der Waals surface area contributed by atoms with Crippen LogP contribution in [0.5, 0.6) is 5.75 Å². The lowest BCUT2D eigenvalue weighted by molar-refractivity contribution is 0.392. The van der Waals surface area contributed by atoms with E-state index in [4.69, 9.17) is 4.52 Å². The van der Waals surface area contributed by atoms with Crippen LogP contribution in [-0.2, 0) is 9.98 Å². The Morgan fingerprint density at radius 1 is 1.08 bits per heavy atom. The highest BCUT2D eigenvalue weighted by molar-refractivity contribution is 7.62. The van der Waals surface area contributed by atoms with E-state index in [9.17, 15) is 9.46 Å². The number of hydrogen-bond donors (Lipinski definition) is 1. The van der Waals surface area contributed by atoms with Crippen LogP contribution in [-0.4, -0.2) is 4.89 Å². The smallest absolute Gasteiger partial charge is 0.408 e. The predicted molar refractivity (Wildman–Crippen MR) is 99.1 cm³/mol. The highest BCUT2D eigenvalue weighted by Gasteiger charge is 2.35. The maximum Gasteiger partial charge on any atom is 0.408 e. The summed E-state index contributed by atoms with van der Waals surface area (Å²) in [5.74, 6) is 0.478. The first kappa shape index (κ1) is 17.3. The minimum atomic E-state index is -3.84. The Morgan fingerprint density at radius 3 is 2.58 bits per heavy atom. The average molecular weight is 344 g/mol. The molecule has 0 saturated heterocycles. The molecule has 1 aliphatic heterocycles. The van der Waals surface area contributed by atoms with Gasteiger partial charge in [0.05, 0.1) is 5.30 Å². The second kappa shape index (κ2) is 6.38. The van der Waals surface area contributed by atoms with Crippen LogP contribution in [0.1, 0.15) is 52.0 Å². The molecule has 1 N–H and O–H groups in total. The van der Waals surface area contributed by atoms with Crippen molar-refractivity contribution in [3.8, 4) is 16.9 Å². The topological polar surface area (TPSA) is 46.5 Å². The fourth-order valence-corrected chi connectivity index (χ4v) is 4.65. The summed E-state index contributed by atoms with van der Waals surface area (Å²) in [4.78, 5) is 10.4. The molecule has 1 atom stereocenters. The van der Waals surface area contributed by atoms with Crippen LogP contribution in [0.4, 0.5) is 0 Å². The summed E-state index contributed by atoms with van der Waals surface area (Å²) >= 11 is 0. The fourth-order valence-electron chi connectivity index (χ4n) is 3.33. The van der Waals surface area contributed by atoms with Gasteiger partial charge in [-0.25, -0.2) is 4.57 Å². The lowest BCUT2D eigenvalue weighted by atomic mass is 9.79. The van der Waals surface area contributed by atoms with Gasteiger partial charge in [-0.05, 0) is 29.5 Å². The molecule has 0 aliphatic carbocycles. The van der Waals surface area contributed by atoms with Gasteiger partial charge in [0.1, 0.15) is 5.75 Å². The van der Waals surface area contributed by atoms with Crippen LogP contribution in [0.25, 0.3) is 11.1 Å². The minimum Gasteiger partial charge on any atom is -0.421 e. The first-order chi connectivity index (χ1) is 11.3. The van der Waals surface area contributed by atoms with Crippen molar-refractivity contribution in [1.29, 1.82) is 0 Å². The second-order valence-corrected chi connectivity index (χ2v) is 8.89. The number of para-hydroxylation sites is 1. The Balaban J connectivity index is 2.03. The van der Waals surface area contributed by atoms with Gasteiger partial charge in [-0.3, -0.25) is 0 Å². The highest BCUT2D eigenvalue weighted by atomic mass is 31.2. The van der Waals surface area contributed by atoms with Gasteiger partial charge < -0.3 is 9.42 Å². The third kappa shape index (κ3) is 3.16. The summed E-state index contributed by atoms with van der Waals surface area (Å²) < 4.78 is 18.1. The zero-order valence-electron chi connectivity index (χ0n) is 14.6. The van der Waals surface area contributed by atoms with E-state index in [1.807, 2.05) is 30.3 Å². The first-order valence-electron chi connectivity index (χ1n) is 8.62. The summed E-state index contributed by atoms with van der Waals surface area (Å²) in [6.07, 6.45) is 4.63. The number of unbranched alkanes of at least 4 members (excludes halogenated alkanes) is 2. The molecule has 3 rings (SSSR count). The van der Waals surface area contributed by atoms with E-state index in [0.29, 0.717) is 11.1 Å². The molecule has 0 bridgehead atoms. The molecule has 0 aromatic heterocycles. The zero-order chi connectivity index (χ0) is 17.4. The molecule has 24 heavy (non-hydrogen) atoms. The SMILES string of the molecule is CCCCCC(C)(C)c1ccc2c(c1)P(=O)(O)Oc1ccccc1-2. The van der Waals surface area contributed by atoms with Crippen LogP contribution < -0.4 is 9.83 Å². The fraction of sp³-hybridized carbons (Fsp3) is 0.400. The predicted octanol–water partition coefficient (Wildman–Crippen LogP) is 5.41. The van der Waals surface area contributed by atoms with Gasteiger partial charge in [-0.15, -0.1) is 0 Å². The van der Waals surface area contributed by atoms with E-state index >= 15 is 0 Å². The molecule has 0 saturated carbocycles. The zero-order valence-corrected chi connectivity index (χ0v) is 15.5. The van der Waals surface area contributed by atoms with Crippen molar-refractivity contribution in [2.45, 2.75) is 51.9 Å². The molecule has 3 nitrogen and oxygen atoms in total. The van der Waals surface area contributed by atoms with E-state index in [1.165, 1.54) is 12.8 Å². The monoisotopic (exact) mass is 344 g/mol. The Kier molecular flexibility index (Phi) is 4.59. The standard InChI is InChI=1S/C20H25O3P/c1-4-5-8-13-20(2,3)15-11-12-17-16-9-6-7-10-18(16)23-24(21,22)19(17)14-15/h6-7,9-12,14H,4-5,8,13H2,1-3H3,(H,21,22). The van der Waals surface area contributed by atoms with E-state index in [2.05, 4.69) is 26.8 Å². The van der Waals surface area contributed by atoms with Gasteiger partial charge in [-0.2, -0.15) is 0 Å². The number of rotatable bonds is 5. The normalized spacial score (nSPS) is 19.3. The van der Waals surface area contributed by atoms with Crippen LogP contribution in [0, 0.1) is 0 Å². The summed E-state index contributed by atoms with van der Waals surface area (Å²) in [5.41, 5.74) is 2.75. The van der Waals surface area contributed by atoms with Crippen LogP contribution in [0.2, 0.25) is 0 Å². The second-order valence-electron chi connectivity index (χ2n) is 7.18. The molecule has 2 aromatic carbocycles. The molecule has 0 spiro atoms. The maximum atomic E-state index is 12.7. The number of benzene rings is 2. The van der Waals surface area contributed by atoms with Gasteiger partial charge in [0.15, 0.2) is 0 Å². The molecule has 1 aliphatic rings. The molecule has 0 amide bonds. The lowest BCUT2D eigenvalue weighted by Crippen LogP contribution is -2.23. The molecule has 1 unspecified atom stereocenters. The molecule has 0 radical (unpaired) electrons. The van der Waals surface area contributed by atoms with E-state index in [1.54, 1.807) is 6.07 Å². The van der Waals surface area contributed by atoms with Gasteiger partial charge >= 0.3 is 7.60 Å². The summed E-state index contributed by atoms with van der Waals surface area (Å²) in [7, 11) is -3.84. The van der Waals surface area contributed by atoms with Gasteiger partial charge in [-0.1, -0.05) is 70.4 Å². The average Bonchev–Trinajstić information content (AvgIpc) is 2.54. The molecule has 128 valence electrons. The lowest BCUT2D eigenvalue weighted by Gasteiger charge is -2.29. The highest BCUT2D eigenvalue weighted by Crippen LogP contribution is 2.52. The van der Waals surface area contributed by atoms with Gasteiger partial charge in [0.2, 0.25) is 0 Å². The van der Waals surface area contributed by atoms with E-state index in [0.717, 1.165) is 29.5 Å². The van der Waals surface area contributed by atoms with Crippen LogP contribution in [0.3, 0.4) is 0 Å². The summed E-state index contributed by atoms with van der Waals surface area (Å²) in [6.45, 7) is 6.59. The Hall–Kier alpha value is -1.57. The molecular formula is C20H25O3P. The first-order valence-corrected chi connectivity index (χ1v) is 10.2. The Labute approximate surface area is 144 Å². The van der Waals surface area contributed by atoms with E-state index < -0.39 is 7.60 Å². The van der Waals surface area contributed by atoms with Gasteiger partial charge in [0, 0.05) is 11.1 Å². The van der Waals surface area contributed by atoms with Crippen LogP contribution >= 0.6 is 7.60 Å². The third-order valence-corrected chi connectivity index (χ3v) is 6.31. The summed E-state index contributed by atoms with van der Waals surface area (Å²) in [5, 5.41) is 0.419. The van der Waals surface area contributed by atoms with Crippen LogP contribution in [0.15, 0.2) is 42.5 Å². The van der Waals surface area contributed by atoms with Crippen molar-refractivity contribution in [2.75, 3.05) is 0 Å². The largest absolute Gasteiger partial charge is 0.421 e. The minimum absolute atomic E-state index is 0.0266. The van der Waals surface area contributed by atoms with Crippen molar-refractivity contribution < 1.29 is 14.0 Å². The molecule has 2 aromatic rings. The quantitative estimate of drug-likeness (QED) is 0.582. The Morgan fingerprint density at radius 2 is 1.83 bits per heavy atom. The van der Waals surface area contributed by atoms with Crippen molar-refractivity contribution in [1.82, 2.24) is 0 Å². The van der Waals surface area contributed by atoms with E-state index in [-0.39, 0.29) is 5.41 Å². The molecule has 0 fully saturated rings. The molecular weight excluding hydrogens is 319 g/mol. The molecule has 4 heteroatoms. The molecule has 1 heterocycles. The number of fused-ring (bicyclic) bond motifs is 3.